The average Bonchev–Trinajstić information content (AvgIpc) is 2.49. The first-order valence-electron chi connectivity index (χ1n) is 6.87. The van der Waals surface area contributed by atoms with E-state index in [1.54, 1.807) is 0 Å². The standard InChI is InChI=1S/C15H18N4O3/c1-2-22-12-5-3-11(4-6-12)19-15-17-8-10(9-18-15)13(16)7-14(20)21/h3-6,8-9,13H,2,7,16H2,1H3,(H,20,21)(H,17,18,19)/t13-/m1/s1. The second-order valence-corrected chi connectivity index (χ2v) is 4.63. The van der Waals surface area contributed by atoms with Crippen molar-refractivity contribution in [3.05, 3.63) is 42.2 Å². The van der Waals surface area contributed by atoms with Crippen molar-refractivity contribution in [3.8, 4) is 5.75 Å². The van der Waals surface area contributed by atoms with E-state index in [0.29, 0.717) is 18.1 Å². The molecule has 0 saturated carbocycles. The SMILES string of the molecule is CCOc1ccc(Nc2ncc([C@H](N)CC(=O)O)cn2)cc1. The van der Waals surface area contributed by atoms with Crippen LogP contribution in [0.2, 0.25) is 0 Å². The van der Waals surface area contributed by atoms with Crippen molar-refractivity contribution in [3.63, 3.8) is 0 Å². The lowest BCUT2D eigenvalue weighted by molar-refractivity contribution is -0.137. The van der Waals surface area contributed by atoms with Crippen LogP contribution in [0.1, 0.15) is 24.9 Å². The number of benzene rings is 1. The fraction of sp³-hybridized carbons (Fsp3) is 0.267. The Morgan fingerprint density at radius 3 is 2.50 bits per heavy atom. The van der Waals surface area contributed by atoms with Crippen LogP contribution in [0.5, 0.6) is 5.75 Å². The van der Waals surface area contributed by atoms with Gasteiger partial charge in [0, 0.05) is 29.7 Å². The first kappa shape index (κ1) is 15.7. The summed E-state index contributed by atoms with van der Waals surface area (Å²) in [5.74, 6) is 0.253. The highest BCUT2D eigenvalue weighted by Crippen LogP contribution is 2.19. The first-order chi connectivity index (χ1) is 10.6. The molecular formula is C15H18N4O3. The molecule has 0 aliphatic carbocycles. The molecule has 0 spiro atoms. The van der Waals surface area contributed by atoms with Crippen LogP contribution in [-0.2, 0) is 4.79 Å². The molecule has 1 aromatic heterocycles. The Hall–Kier alpha value is -2.67. The number of aromatic nitrogens is 2. The Bertz CT molecular complexity index is 614. The van der Waals surface area contributed by atoms with Crippen LogP contribution >= 0.6 is 0 Å². The summed E-state index contributed by atoms with van der Waals surface area (Å²) in [6.07, 6.45) is 2.89. The second-order valence-electron chi connectivity index (χ2n) is 4.63. The zero-order chi connectivity index (χ0) is 15.9. The normalized spacial score (nSPS) is 11.7. The van der Waals surface area contributed by atoms with E-state index < -0.39 is 12.0 Å². The van der Waals surface area contributed by atoms with Crippen LogP contribution in [-0.4, -0.2) is 27.7 Å². The number of hydrogen-bond donors (Lipinski definition) is 3. The summed E-state index contributed by atoms with van der Waals surface area (Å²) >= 11 is 0. The zero-order valence-electron chi connectivity index (χ0n) is 12.2. The van der Waals surface area contributed by atoms with Crippen molar-refractivity contribution >= 4 is 17.6 Å². The van der Waals surface area contributed by atoms with Crippen molar-refractivity contribution < 1.29 is 14.6 Å². The lowest BCUT2D eigenvalue weighted by atomic mass is 10.1. The molecule has 2 aromatic rings. The van der Waals surface area contributed by atoms with Crippen LogP contribution in [0.25, 0.3) is 0 Å². The number of anilines is 2. The molecule has 0 bridgehead atoms. The monoisotopic (exact) mass is 302 g/mol. The van der Waals surface area contributed by atoms with Gasteiger partial charge in [0.2, 0.25) is 5.95 Å². The van der Waals surface area contributed by atoms with E-state index in [2.05, 4.69) is 15.3 Å². The number of nitrogens with one attached hydrogen (secondary N) is 1. The first-order valence-corrected chi connectivity index (χ1v) is 6.87. The van der Waals surface area contributed by atoms with E-state index >= 15 is 0 Å². The number of nitrogens with zero attached hydrogens (tertiary/aromatic N) is 2. The van der Waals surface area contributed by atoms with Crippen LogP contribution < -0.4 is 15.8 Å². The molecule has 116 valence electrons. The van der Waals surface area contributed by atoms with Crippen molar-refractivity contribution in [1.82, 2.24) is 9.97 Å². The maximum Gasteiger partial charge on any atom is 0.305 e. The highest BCUT2D eigenvalue weighted by atomic mass is 16.5. The van der Waals surface area contributed by atoms with Gasteiger partial charge >= 0.3 is 5.97 Å². The zero-order valence-corrected chi connectivity index (χ0v) is 12.2. The molecule has 7 heteroatoms. The van der Waals surface area contributed by atoms with Crippen molar-refractivity contribution in [2.45, 2.75) is 19.4 Å². The summed E-state index contributed by atoms with van der Waals surface area (Å²) in [6, 6.07) is 6.81. The van der Waals surface area contributed by atoms with E-state index in [9.17, 15) is 4.79 Å². The van der Waals surface area contributed by atoms with Gasteiger partial charge in [0.15, 0.2) is 0 Å². The molecule has 2 rings (SSSR count). The minimum absolute atomic E-state index is 0.158. The molecule has 0 amide bonds. The molecule has 4 N–H and O–H groups in total. The molecular weight excluding hydrogens is 284 g/mol. The lowest BCUT2D eigenvalue weighted by Crippen LogP contribution is -2.15. The Kier molecular flexibility index (Phi) is 5.26. The third-order valence-electron chi connectivity index (χ3n) is 2.92. The average molecular weight is 302 g/mol. The Balaban J connectivity index is 2.00. The quantitative estimate of drug-likeness (QED) is 0.718. The molecule has 0 aliphatic heterocycles. The number of carboxylic acid groups (broad SMARTS) is 1. The number of rotatable bonds is 7. The summed E-state index contributed by atoms with van der Waals surface area (Å²) < 4.78 is 5.36. The molecule has 0 saturated heterocycles. The molecule has 0 unspecified atom stereocenters. The Morgan fingerprint density at radius 2 is 1.95 bits per heavy atom. The van der Waals surface area contributed by atoms with Gasteiger partial charge in [0.05, 0.1) is 13.0 Å². The maximum atomic E-state index is 10.6. The van der Waals surface area contributed by atoms with Gasteiger partial charge in [-0.1, -0.05) is 0 Å². The largest absolute Gasteiger partial charge is 0.494 e. The van der Waals surface area contributed by atoms with Gasteiger partial charge in [-0.25, -0.2) is 9.97 Å². The second kappa shape index (κ2) is 7.37. The predicted molar refractivity (Wildman–Crippen MR) is 82.1 cm³/mol. The molecule has 0 radical (unpaired) electrons. The summed E-state index contributed by atoms with van der Waals surface area (Å²) in [6.45, 7) is 2.55. The van der Waals surface area contributed by atoms with Crippen LogP contribution in [0.15, 0.2) is 36.7 Å². The summed E-state index contributed by atoms with van der Waals surface area (Å²) in [7, 11) is 0. The van der Waals surface area contributed by atoms with E-state index in [0.717, 1.165) is 11.4 Å². The molecule has 0 fully saturated rings. The van der Waals surface area contributed by atoms with E-state index in [4.69, 9.17) is 15.6 Å². The summed E-state index contributed by atoms with van der Waals surface area (Å²) in [5, 5.41) is 11.8. The van der Waals surface area contributed by atoms with Gasteiger partial charge in [-0.05, 0) is 31.2 Å². The van der Waals surface area contributed by atoms with Crippen molar-refractivity contribution in [1.29, 1.82) is 0 Å². The van der Waals surface area contributed by atoms with Gasteiger partial charge in [-0.3, -0.25) is 4.79 Å². The van der Waals surface area contributed by atoms with E-state index in [1.807, 2.05) is 31.2 Å². The highest BCUT2D eigenvalue weighted by Gasteiger charge is 2.11. The molecule has 1 aromatic carbocycles. The molecule has 1 heterocycles. The number of aliphatic carboxylic acids is 1. The highest BCUT2D eigenvalue weighted by molar-refractivity contribution is 5.67. The maximum absolute atomic E-state index is 10.6. The Labute approximate surface area is 128 Å². The predicted octanol–water partition coefficient (Wildman–Crippen LogP) is 2.09. The summed E-state index contributed by atoms with van der Waals surface area (Å²) in [5.41, 5.74) is 7.16. The molecule has 0 aliphatic rings. The van der Waals surface area contributed by atoms with Gasteiger partial charge < -0.3 is 20.9 Å². The number of nitrogens with two attached hydrogens (primary N) is 1. The molecule has 22 heavy (non-hydrogen) atoms. The van der Waals surface area contributed by atoms with Crippen LogP contribution in [0.3, 0.4) is 0 Å². The van der Waals surface area contributed by atoms with E-state index in [1.165, 1.54) is 12.4 Å². The van der Waals surface area contributed by atoms with Gasteiger partial charge in [0.1, 0.15) is 5.75 Å². The van der Waals surface area contributed by atoms with Crippen molar-refractivity contribution in [2.75, 3.05) is 11.9 Å². The van der Waals surface area contributed by atoms with Gasteiger partial charge in [0.25, 0.3) is 0 Å². The molecule has 7 nitrogen and oxygen atoms in total. The fourth-order valence-electron chi connectivity index (χ4n) is 1.83. The number of carboxylic acids is 1. The van der Waals surface area contributed by atoms with Gasteiger partial charge in [-0.15, -0.1) is 0 Å². The topological polar surface area (TPSA) is 110 Å². The Morgan fingerprint density at radius 1 is 1.32 bits per heavy atom. The van der Waals surface area contributed by atoms with Crippen LogP contribution in [0, 0.1) is 0 Å². The minimum atomic E-state index is -0.955. The number of ether oxygens (including phenoxy) is 1. The number of hydrogen-bond acceptors (Lipinski definition) is 6. The number of carbonyl (C=O) groups is 1. The van der Waals surface area contributed by atoms with Crippen molar-refractivity contribution in [2.24, 2.45) is 5.73 Å². The smallest absolute Gasteiger partial charge is 0.305 e. The fourth-order valence-corrected chi connectivity index (χ4v) is 1.83. The minimum Gasteiger partial charge on any atom is -0.494 e. The lowest BCUT2D eigenvalue weighted by Gasteiger charge is -2.10. The summed E-state index contributed by atoms with van der Waals surface area (Å²) in [4.78, 5) is 18.9. The van der Waals surface area contributed by atoms with E-state index in [-0.39, 0.29) is 6.42 Å². The molecule has 1 atom stereocenters. The third kappa shape index (κ3) is 4.42. The van der Waals surface area contributed by atoms with Gasteiger partial charge in [-0.2, -0.15) is 0 Å². The third-order valence-corrected chi connectivity index (χ3v) is 2.92. The van der Waals surface area contributed by atoms with Crippen LogP contribution in [0.4, 0.5) is 11.6 Å².